The molecule has 1 N–H and O–H groups in total. The van der Waals surface area contributed by atoms with Crippen LogP contribution in [-0.2, 0) is 11.3 Å². The Labute approximate surface area is 132 Å². The summed E-state index contributed by atoms with van der Waals surface area (Å²) in [6.07, 6.45) is 1.20. The maximum absolute atomic E-state index is 12.3. The van der Waals surface area contributed by atoms with Crippen LogP contribution in [-0.4, -0.2) is 61.8 Å². The molecule has 22 heavy (non-hydrogen) atoms. The SMILES string of the molecule is CN1CCO[C@@H]2CN(C(=O)NCc3ccccc3)CC[C@@H]2C1. The first-order valence-corrected chi connectivity index (χ1v) is 8.09. The number of fused-ring (bicyclic) bond motifs is 1. The second kappa shape index (κ2) is 7.11. The zero-order valence-electron chi connectivity index (χ0n) is 13.2. The third-order valence-corrected chi connectivity index (χ3v) is 4.62. The van der Waals surface area contributed by atoms with E-state index < -0.39 is 0 Å². The quantitative estimate of drug-likeness (QED) is 0.901. The molecule has 0 spiro atoms. The van der Waals surface area contributed by atoms with Crippen LogP contribution >= 0.6 is 0 Å². The molecule has 2 amide bonds. The molecule has 1 aromatic rings. The zero-order valence-corrected chi connectivity index (χ0v) is 13.2. The number of rotatable bonds is 2. The van der Waals surface area contributed by atoms with Crippen molar-refractivity contribution in [2.45, 2.75) is 19.1 Å². The Morgan fingerprint density at radius 1 is 1.27 bits per heavy atom. The van der Waals surface area contributed by atoms with Crippen molar-refractivity contribution in [3.8, 4) is 0 Å². The summed E-state index contributed by atoms with van der Waals surface area (Å²) in [6, 6.07) is 10.0. The molecule has 2 saturated heterocycles. The smallest absolute Gasteiger partial charge is 0.317 e. The zero-order chi connectivity index (χ0) is 15.4. The first-order chi connectivity index (χ1) is 10.7. The number of hydrogen-bond donors (Lipinski definition) is 1. The van der Waals surface area contributed by atoms with Gasteiger partial charge in [0.25, 0.3) is 0 Å². The van der Waals surface area contributed by atoms with Crippen LogP contribution in [0.5, 0.6) is 0 Å². The molecule has 2 heterocycles. The Morgan fingerprint density at radius 3 is 2.91 bits per heavy atom. The van der Waals surface area contributed by atoms with E-state index in [0.717, 1.165) is 38.2 Å². The third kappa shape index (κ3) is 3.78. The Morgan fingerprint density at radius 2 is 2.09 bits per heavy atom. The Kier molecular flexibility index (Phi) is 4.95. The normalized spacial score (nSPS) is 26.1. The lowest BCUT2D eigenvalue weighted by Gasteiger charge is -2.37. The predicted molar refractivity (Wildman–Crippen MR) is 85.6 cm³/mol. The van der Waals surface area contributed by atoms with Crippen LogP contribution in [0.25, 0.3) is 0 Å². The molecule has 2 aliphatic heterocycles. The second-order valence-corrected chi connectivity index (χ2v) is 6.31. The van der Waals surface area contributed by atoms with Crippen molar-refractivity contribution in [2.75, 3.05) is 39.8 Å². The standard InChI is InChI=1S/C17H25N3O2/c1-19-9-10-22-16-13-20(8-7-15(16)12-19)17(21)18-11-14-5-3-2-4-6-14/h2-6,15-16H,7-13H2,1H3,(H,18,21)/t15-,16-/m1/s1. The van der Waals surface area contributed by atoms with Crippen molar-refractivity contribution in [3.63, 3.8) is 0 Å². The van der Waals surface area contributed by atoms with E-state index in [0.29, 0.717) is 19.0 Å². The third-order valence-electron chi connectivity index (χ3n) is 4.62. The van der Waals surface area contributed by atoms with Gasteiger partial charge in [0.1, 0.15) is 0 Å². The molecule has 0 saturated carbocycles. The number of nitrogens with one attached hydrogen (secondary N) is 1. The lowest BCUT2D eigenvalue weighted by atomic mass is 9.93. The minimum absolute atomic E-state index is 0.0171. The molecule has 5 heteroatoms. The number of carbonyl (C=O) groups is 1. The van der Waals surface area contributed by atoms with Crippen LogP contribution in [0, 0.1) is 5.92 Å². The highest BCUT2D eigenvalue weighted by Gasteiger charge is 2.34. The van der Waals surface area contributed by atoms with Crippen molar-refractivity contribution >= 4 is 6.03 Å². The molecule has 0 radical (unpaired) electrons. The molecule has 0 aliphatic carbocycles. The fourth-order valence-electron chi connectivity index (χ4n) is 3.28. The Hall–Kier alpha value is -1.59. The fourth-order valence-corrected chi connectivity index (χ4v) is 3.28. The maximum atomic E-state index is 12.3. The van der Waals surface area contributed by atoms with Crippen molar-refractivity contribution in [1.82, 2.24) is 15.1 Å². The molecule has 2 atom stereocenters. The van der Waals surface area contributed by atoms with Gasteiger partial charge in [-0.25, -0.2) is 4.79 Å². The Balaban J connectivity index is 1.51. The number of amides is 2. The minimum Gasteiger partial charge on any atom is -0.375 e. The fraction of sp³-hybridized carbons (Fsp3) is 0.588. The van der Waals surface area contributed by atoms with Crippen molar-refractivity contribution in [1.29, 1.82) is 0 Å². The van der Waals surface area contributed by atoms with Gasteiger partial charge >= 0.3 is 6.03 Å². The number of piperidine rings is 1. The highest BCUT2D eigenvalue weighted by Crippen LogP contribution is 2.23. The van der Waals surface area contributed by atoms with E-state index in [2.05, 4.69) is 17.3 Å². The summed E-state index contributed by atoms with van der Waals surface area (Å²) in [5, 5.41) is 3.01. The number of likely N-dealkylation sites (tertiary alicyclic amines) is 1. The van der Waals surface area contributed by atoms with E-state index in [-0.39, 0.29) is 12.1 Å². The summed E-state index contributed by atoms with van der Waals surface area (Å²) in [5.41, 5.74) is 1.12. The van der Waals surface area contributed by atoms with Gasteiger partial charge < -0.3 is 19.9 Å². The number of likely N-dealkylation sites (N-methyl/N-ethyl adjacent to an activating group) is 1. The van der Waals surface area contributed by atoms with Crippen LogP contribution in [0.2, 0.25) is 0 Å². The number of ether oxygens (including phenoxy) is 1. The Bertz CT molecular complexity index is 494. The van der Waals surface area contributed by atoms with Gasteiger partial charge in [-0.1, -0.05) is 30.3 Å². The van der Waals surface area contributed by atoms with E-state index >= 15 is 0 Å². The van der Waals surface area contributed by atoms with E-state index in [1.807, 2.05) is 35.2 Å². The summed E-state index contributed by atoms with van der Waals surface area (Å²) in [5.74, 6) is 0.547. The number of urea groups is 1. The molecule has 5 nitrogen and oxygen atoms in total. The van der Waals surface area contributed by atoms with Gasteiger partial charge in [0, 0.05) is 38.6 Å². The van der Waals surface area contributed by atoms with Gasteiger partial charge in [-0.3, -0.25) is 0 Å². The number of nitrogens with zero attached hydrogens (tertiary/aromatic N) is 2. The molecule has 0 unspecified atom stereocenters. The second-order valence-electron chi connectivity index (χ2n) is 6.31. The molecular formula is C17H25N3O2. The molecule has 3 rings (SSSR count). The largest absolute Gasteiger partial charge is 0.375 e. The molecule has 120 valence electrons. The van der Waals surface area contributed by atoms with Crippen LogP contribution < -0.4 is 5.32 Å². The van der Waals surface area contributed by atoms with Gasteiger partial charge in [-0.05, 0) is 19.0 Å². The van der Waals surface area contributed by atoms with Crippen molar-refractivity contribution in [2.24, 2.45) is 5.92 Å². The number of hydrogen-bond acceptors (Lipinski definition) is 3. The number of benzene rings is 1. The predicted octanol–water partition coefficient (Wildman–Crippen LogP) is 1.55. The highest BCUT2D eigenvalue weighted by molar-refractivity contribution is 5.74. The molecule has 2 aliphatic rings. The first-order valence-electron chi connectivity index (χ1n) is 8.09. The van der Waals surface area contributed by atoms with Crippen LogP contribution in [0.15, 0.2) is 30.3 Å². The van der Waals surface area contributed by atoms with Gasteiger partial charge in [-0.2, -0.15) is 0 Å². The van der Waals surface area contributed by atoms with Gasteiger partial charge in [0.15, 0.2) is 0 Å². The monoisotopic (exact) mass is 303 g/mol. The lowest BCUT2D eigenvalue weighted by molar-refractivity contribution is -0.0111. The lowest BCUT2D eigenvalue weighted by Crippen LogP contribution is -2.51. The van der Waals surface area contributed by atoms with Gasteiger partial charge in [-0.15, -0.1) is 0 Å². The van der Waals surface area contributed by atoms with Crippen LogP contribution in [0.1, 0.15) is 12.0 Å². The van der Waals surface area contributed by atoms with Crippen LogP contribution in [0.4, 0.5) is 4.79 Å². The molecule has 2 fully saturated rings. The average Bonchev–Trinajstić information content (AvgIpc) is 2.73. The maximum Gasteiger partial charge on any atom is 0.317 e. The molecule has 0 aromatic heterocycles. The first kappa shape index (κ1) is 15.3. The summed E-state index contributed by atoms with van der Waals surface area (Å²) in [4.78, 5) is 16.6. The summed E-state index contributed by atoms with van der Waals surface area (Å²) in [6.45, 7) is 4.92. The van der Waals surface area contributed by atoms with Gasteiger partial charge in [0.05, 0.1) is 12.7 Å². The topological polar surface area (TPSA) is 44.8 Å². The summed E-state index contributed by atoms with van der Waals surface area (Å²) in [7, 11) is 2.14. The van der Waals surface area contributed by atoms with E-state index in [1.165, 1.54) is 0 Å². The van der Waals surface area contributed by atoms with Crippen molar-refractivity contribution in [3.05, 3.63) is 35.9 Å². The number of carbonyl (C=O) groups excluding carboxylic acids is 1. The molecule has 0 bridgehead atoms. The van der Waals surface area contributed by atoms with Gasteiger partial charge in [0.2, 0.25) is 0 Å². The summed E-state index contributed by atoms with van der Waals surface area (Å²) < 4.78 is 5.96. The molecular weight excluding hydrogens is 278 g/mol. The van der Waals surface area contributed by atoms with E-state index in [4.69, 9.17) is 4.74 Å². The minimum atomic E-state index is 0.0171. The van der Waals surface area contributed by atoms with Crippen LogP contribution in [0.3, 0.4) is 0 Å². The van der Waals surface area contributed by atoms with E-state index in [9.17, 15) is 4.79 Å². The van der Waals surface area contributed by atoms with Crippen molar-refractivity contribution < 1.29 is 9.53 Å². The summed E-state index contributed by atoms with van der Waals surface area (Å²) >= 11 is 0. The molecule has 1 aromatic carbocycles. The average molecular weight is 303 g/mol. The van der Waals surface area contributed by atoms with E-state index in [1.54, 1.807) is 0 Å². The highest BCUT2D eigenvalue weighted by atomic mass is 16.5.